The van der Waals surface area contributed by atoms with E-state index in [4.69, 9.17) is 4.74 Å². The minimum absolute atomic E-state index is 0.0396. The molecule has 0 bridgehead atoms. The lowest BCUT2D eigenvalue weighted by Crippen LogP contribution is -2.31. The Kier molecular flexibility index (Phi) is 6.21. The number of rotatable bonds is 5. The summed E-state index contributed by atoms with van der Waals surface area (Å²) < 4.78 is 30.8. The third-order valence-corrected chi connectivity index (χ3v) is 5.25. The van der Waals surface area contributed by atoms with Crippen LogP contribution in [0.3, 0.4) is 0 Å². The van der Waals surface area contributed by atoms with Crippen molar-refractivity contribution in [3.63, 3.8) is 0 Å². The predicted molar refractivity (Wildman–Crippen MR) is 88.6 cm³/mol. The molecule has 0 unspecified atom stereocenters. The van der Waals surface area contributed by atoms with E-state index in [1.165, 1.54) is 44.2 Å². The SMILES string of the molecule is Cc1ccc(S(=O)(=O)NC(=O)OC/C=C\C2CCCCC2)cc1. The van der Waals surface area contributed by atoms with Crippen LogP contribution in [0, 0.1) is 12.8 Å². The number of hydrogen-bond acceptors (Lipinski definition) is 4. The Bertz CT molecular complexity index is 644. The largest absolute Gasteiger partial charge is 0.445 e. The topological polar surface area (TPSA) is 72.5 Å². The molecule has 1 aromatic carbocycles. The van der Waals surface area contributed by atoms with E-state index in [2.05, 4.69) is 6.08 Å². The second-order valence-corrected chi connectivity index (χ2v) is 7.53. The molecule has 1 aliphatic carbocycles. The van der Waals surface area contributed by atoms with Gasteiger partial charge in [0.25, 0.3) is 10.0 Å². The summed E-state index contributed by atoms with van der Waals surface area (Å²) in [6, 6.07) is 6.25. The average Bonchev–Trinajstić information content (AvgIpc) is 2.52. The van der Waals surface area contributed by atoms with Crippen LogP contribution in [0.5, 0.6) is 0 Å². The standard InChI is InChI=1S/C17H23NO4S/c1-14-9-11-16(12-10-14)23(20,21)18-17(19)22-13-5-8-15-6-3-2-4-7-15/h5,8-12,15H,2-4,6-7,13H2,1H3,(H,18,19)/b8-5-. The minimum atomic E-state index is -3.88. The number of ether oxygens (including phenoxy) is 1. The zero-order valence-corrected chi connectivity index (χ0v) is 14.1. The van der Waals surface area contributed by atoms with E-state index in [1.54, 1.807) is 18.2 Å². The van der Waals surface area contributed by atoms with Crippen LogP contribution < -0.4 is 4.72 Å². The van der Waals surface area contributed by atoms with Gasteiger partial charge in [-0.2, -0.15) is 0 Å². The lowest BCUT2D eigenvalue weighted by Gasteiger charge is -2.17. The van der Waals surface area contributed by atoms with Gasteiger partial charge in [0.15, 0.2) is 0 Å². The molecule has 0 radical (unpaired) electrons. The van der Waals surface area contributed by atoms with Crippen LogP contribution in [0.25, 0.3) is 0 Å². The van der Waals surface area contributed by atoms with Crippen molar-refractivity contribution in [1.82, 2.24) is 4.72 Å². The van der Waals surface area contributed by atoms with E-state index in [0.717, 1.165) is 5.56 Å². The highest BCUT2D eigenvalue weighted by atomic mass is 32.2. The van der Waals surface area contributed by atoms with Crippen LogP contribution in [0.1, 0.15) is 37.7 Å². The van der Waals surface area contributed by atoms with Crippen LogP contribution in [-0.4, -0.2) is 21.1 Å². The molecule has 1 saturated carbocycles. The normalized spacial score (nSPS) is 16.4. The molecule has 0 heterocycles. The van der Waals surface area contributed by atoms with Gasteiger partial charge in [-0.1, -0.05) is 49.1 Å². The number of nitrogens with one attached hydrogen (secondary N) is 1. The first-order valence-electron chi connectivity index (χ1n) is 7.90. The summed E-state index contributed by atoms with van der Waals surface area (Å²) in [5, 5.41) is 0. The molecular weight excluding hydrogens is 314 g/mol. The first-order chi connectivity index (χ1) is 11.0. The molecule has 6 heteroatoms. The lowest BCUT2D eigenvalue weighted by atomic mass is 9.89. The fourth-order valence-electron chi connectivity index (χ4n) is 2.61. The molecule has 1 fully saturated rings. The first-order valence-corrected chi connectivity index (χ1v) is 9.38. The Labute approximate surface area is 137 Å². The molecule has 5 nitrogen and oxygen atoms in total. The number of allylic oxidation sites excluding steroid dienone is 1. The molecule has 0 aromatic heterocycles. The molecular formula is C17H23NO4S. The molecule has 1 aromatic rings. The Hall–Kier alpha value is -1.82. The third kappa shape index (κ3) is 5.71. The number of carbonyl (C=O) groups is 1. The van der Waals surface area contributed by atoms with Crippen molar-refractivity contribution in [2.45, 2.75) is 43.9 Å². The highest BCUT2D eigenvalue weighted by molar-refractivity contribution is 7.90. The molecule has 1 aliphatic rings. The maximum atomic E-state index is 12.0. The second kappa shape index (κ2) is 8.15. The maximum absolute atomic E-state index is 12.0. The Morgan fingerprint density at radius 3 is 2.52 bits per heavy atom. The third-order valence-electron chi connectivity index (χ3n) is 3.92. The number of benzene rings is 1. The van der Waals surface area contributed by atoms with Gasteiger partial charge in [-0.25, -0.2) is 17.9 Å². The van der Waals surface area contributed by atoms with E-state index >= 15 is 0 Å². The summed E-state index contributed by atoms with van der Waals surface area (Å²) in [5.74, 6) is 0.548. The van der Waals surface area contributed by atoms with Crippen molar-refractivity contribution in [1.29, 1.82) is 0 Å². The van der Waals surface area contributed by atoms with Crippen molar-refractivity contribution in [2.24, 2.45) is 5.92 Å². The fraction of sp³-hybridized carbons (Fsp3) is 0.471. The van der Waals surface area contributed by atoms with Crippen molar-refractivity contribution in [2.75, 3.05) is 6.61 Å². The molecule has 0 atom stereocenters. The summed E-state index contributed by atoms with van der Waals surface area (Å²) in [7, 11) is -3.88. The van der Waals surface area contributed by atoms with Gasteiger partial charge in [0.1, 0.15) is 6.61 Å². The van der Waals surface area contributed by atoms with Gasteiger partial charge in [-0.3, -0.25) is 0 Å². The second-order valence-electron chi connectivity index (χ2n) is 5.84. The smallest absolute Gasteiger partial charge is 0.421 e. The molecule has 1 N–H and O–H groups in total. The molecule has 0 saturated heterocycles. The van der Waals surface area contributed by atoms with Gasteiger partial charge in [-0.05, 0) is 37.8 Å². The quantitative estimate of drug-likeness (QED) is 0.834. The van der Waals surface area contributed by atoms with Gasteiger partial charge in [0.05, 0.1) is 4.90 Å². The monoisotopic (exact) mass is 337 g/mol. The van der Waals surface area contributed by atoms with Gasteiger partial charge < -0.3 is 4.74 Å². The highest BCUT2D eigenvalue weighted by Crippen LogP contribution is 2.24. The van der Waals surface area contributed by atoms with Crippen molar-refractivity contribution in [3.8, 4) is 0 Å². The van der Waals surface area contributed by atoms with E-state index in [1.807, 2.05) is 11.6 Å². The zero-order chi connectivity index (χ0) is 16.7. The van der Waals surface area contributed by atoms with Crippen molar-refractivity contribution >= 4 is 16.1 Å². The lowest BCUT2D eigenvalue weighted by molar-refractivity contribution is 0.164. The number of hydrogen-bond donors (Lipinski definition) is 1. The van der Waals surface area contributed by atoms with E-state index in [9.17, 15) is 13.2 Å². The Morgan fingerprint density at radius 2 is 1.87 bits per heavy atom. The van der Waals surface area contributed by atoms with Crippen molar-refractivity contribution < 1.29 is 17.9 Å². The van der Waals surface area contributed by atoms with Crippen LogP contribution in [0.2, 0.25) is 0 Å². The highest BCUT2D eigenvalue weighted by Gasteiger charge is 2.18. The van der Waals surface area contributed by atoms with Gasteiger partial charge in [-0.15, -0.1) is 0 Å². The van der Waals surface area contributed by atoms with Crippen LogP contribution in [0.4, 0.5) is 4.79 Å². The van der Waals surface area contributed by atoms with Crippen LogP contribution >= 0.6 is 0 Å². The van der Waals surface area contributed by atoms with E-state index in [-0.39, 0.29) is 11.5 Å². The summed E-state index contributed by atoms with van der Waals surface area (Å²) in [6.45, 7) is 1.93. The minimum Gasteiger partial charge on any atom is -0.445 e. The fourth-order valence-corrected chi connectivity index (χ4v) is 3.50. The summed E-state index contributed by atoms with van der Waals surface area (Å²) in [4.78, 5) is 11.6. The van der Waals surface area contributed by atoms with E-state index < -0.39 is 16.1 Å². The molecule has 0 spiro atoms. The van der Waals surface area contributed by atoms with Gasteiger partial charge in [0, 0.05) is 0 Å². The Balaban J connectivity index is 1.79. The molecule has 1 amide bonds. The molecule has 0 aliphatic heterocycles. The predicted octanol–water partition coefficient (Wildman–Crippen LogP) is 3.55. The Morgan fingerprint density at radius 1 is 1.22 bits per heavy atom. The molecule has 23 heavy (non-hydrogen) atoms. The molecule has 2 rings (SSSR count). The zero-order valence-electron chi connectivity index (χ0n) is 13.3. The maximum Gasteiger partial charge on any atom is 0.421 e. The van der Waals surface area contributed by atoms with Crippen LogP contribution in [0.15, 0.2) is 41.3 Å². The van der Waals surface area contributed by atoms with Crippen LogP contribution in [-0.2, 0) is 14.8 Å². The van der Waals surface area contributed by atoms with Gasteiger partial charge in [0.2, 0.25) is 0 Å². The average molecular weight is 337 g/mol. The summed E-state index contributed by atoms with van der Waals surface area (Å²) in [5.41, 5.74) is 0.944. The first kappa shape index (κ1) is 17.5. The summed E-state index contributed by atoms with van der Waals surface area (Å²) >= 11 is 0. The number of amides is 1. The van der Waals surface area contributed by atoms with Gasteiger partial charge >= 0.3 is 6.09 Å². The van der Waals surface area contributed by atoms with Crippen molar-refractivity contribution in [3.05, 3.63) is 42.0 Å². The number of carbonyl (C=O) groups excluding carboxylic acids is 1. The molecule has 126 valence electrons. The number of aryl methyl sites for hydroxylation is 1. The number of sulfonamides is 1. The summed E-state index contributed by atoms with van der Waals surface area (Å²) in [6.07, 6.45) is 9.00. The van der Waals surface area contributed by atoms with E-state index in [0.29, 0.717) is 5.92 Å².